The monoisotopic (exact) mass is 216 g/mol. The summed E-state index contributed by atoms with van der Waals surface area (Å²) in [6.07, 6.45) is 0. The second kappa shape index (κ2) is 5.11. The third-order valence-corrected chi connectivity index (χ3v) is 2.56. The number of benzene rings is 1. The Kier molecular flexibility index (Phi) is 4.08. The minimum Gasteiger partial charge on any atom is -0.294 e. The van der Waals surface area contributed by atoms with Crippen molar-refractivity contribution in [3.05, 3.63) is 29.3 Å². The predicted molar refractivity (Wildman–Crippen MR) is 54.5 cm³/mol. The van der Waals surface area contributed by atoms with Crippen LogP contribution in [-0.2, 0) is 4.79 Å². The molecule has 0 aliphatic heterocycles. The first-order valence-corrected chi connectivity index (χ1v) is 4.96. The van der Waals surface area contributed by atoms with E-state index in [-0.39, 0.29) is 5.91 Å². The highest BCUT2D eigenvalue weighted by Crippen LogP contribution is 2.20. The predicted octanol–water partition coefficient (Wildman–Crippen LogP) is 1.42. The van der Waals surface area contributed by atoms with Crippen molar-refractivity contribution in [3.63, 3.8) is 0 Å². The summed E-state index contributed by atoms with van der Waals surface area (Å²) in [7, 11) is 0. The van der Waals surface area contributed by atoms with Crippen LogP contribution in [-0.4, -0.2) is 11.7 Å². The standard InChI is InChI=1S/C8H9ClN2OS/c9-6-2-1-3-7(4-6)13-5-8(12)11-10/h1-4H,5,10H2,(H,11,12). The molecule has 5 heteroatoms. The van der Waals surface area contributed by atoms with Crippen molar-refractivity contribution in [1.82, 2.24) is 5.43 Å². The maximum absolute atomic E-state index is 10.8. The molecule has 1 aromatic rings. The van der Waals surface area contributed by atoms with Gasteiger partial charge >= 0.3 is 0 Å². The van der Waals surface area contributed by atoms with Crippen molar-refractivity contribution < 1.29 is 4.79 Å². The maximum Gasteiger partial charge on any atom is 0.244 e. The van der Waals surface area contributed by atoms with Gasteiger partial charge in [0.05, 0.1) is 5.75 Å². The van der Waals surface area contributed by atoms with Crippen molar-refractivity contribution in [1.29, 1.82) is 0 Å². The van der Waals surface area contributed by atoms with Crippen LogP contribution >= 0.6 is 23.4 Å². The smallest absolute Gasteiger partial charge is 0.244 e. The molecule has 0 radical (unpaired) electrons. The van der Waals surface area contributed by atoms with Crippen molar-refractivity contribution >= 4 is 29.3 Å². The molecule has 0 saturated heterocycles. The number of carbonyl (C=O) groups is 1. The summed E-state index contributed by atoms with van der Waals surface area (Å²) in [4.78, 5) is 11.7. The molecule has 1 amide bonds. The zero-order chi connectivity index (χ0) is 9.68. The number of nitrogens with one attached hydrogen (secondary N) is 1. The number of thioether (sulfide) groups is 1. The van der Waals surface area contributed by atoms with Crippen LogP contribution in [0.25, 0.3) is 0 Å². The lowest BCUT2D eigenvalue weighted by molar-refractivity contribution is -0.118. The molecule has 3 nitrogen and oxygen atoms in total. The average molecular weight is 217 g/mol. The summed E-state index contributed by atoms with van der Waals surface area (Å²) in [6, 6.07) is 7.32. The molecule has 0 fully saturated rings. The molecule has 1 aromatic carbocycles. The maximum atomic E-state index is 10.8. The Hall–Kier alpha value is -0.710. The Morgan fingerprint density at radius 1 is 1.62 bits per heavy atom. The number of hydrogen-bond donors (Lipinski definition) is 2. The van der Waals surface area contributed by atoms with Gasteiger partial charge < -0.3 is 0 Å². The van der Waals surface area contributed by atoms with E-state index in [9.17, 15) is 4.79 Å². The van der Waals surface area contributed by atoms with Crippen LogP contribution in [0.4, 0.5) is 0 Å². The minimum absolute atomic E-state index is 0.204. The summed E-state index contributed by atoms with van der Waals surface area (Å²) < 4.78 is 0. The van der Waals surface area contributed by atoms with Crippen molar-refractivity contribution in [2.24, 2.45) is 5.84 Å². The molecule has 0 aromatic heterocycles. The fourth-order valence-electron chi connectivity index (χ4n) is 0.747. The van der Waals surface area contributed by atoms with Gasteiger partial charge in [-0.3, -0.25) is 10.2 Å². The lowest BCUT2D eigenvalue weighted by Crippen LogP contribution is -2.31. The molecule has 70 valence electrons. The Morgan fingerprint density at radius 2 is 2.38 bits per heavy atom. The molecule has 0 bridgehead atoms. The van der Waals surface area contributed by atoms with Gasteiger partial charge in [-0.2, -0.15) is 0 Å². The quantitative estimate of drug-likeness (QED) is 0.348. The van der Waals surface area contributed by atoms with Crippen LogP contribution in [0.15, 0.2) is 29.2 Å². The van der Waals surface area contributed by atoms with E-state index in [4.69, 9.17) is 17.4 Å². The first-order valence-electron chi connectivity index (χ1n) is 3.60. The Labute approximate surface area is 85.6 Å². The van der Waals surface area contributed by atoms with E-state index in [1.165, 1.54) is 11.8 Å². The number of hydrogen-bond acceptors (Lipinski definition) is 3. The van der Waals surface area contributed by atoms with Gasteiger partial charge in [0, 0.05) is 9.92 Å². The van der Waals surface area contributed by atoms with Gasteiger partial charge in [-0.25, -0.2) is 5.84 Å². The summed E-state index contributed by atoms with van der Waals surface area (Å²) in [5, 5.41) is 0.665. The van der Waals surface area contributed by atoms with Gasteiger partial charge in [0.1, 0.15) is 0 Å². The highest BCUT2D eigenvalue weighted by atomic mass is 35.5. The molecule has 0 spiro atoms. The van der Waals surface area contributed by atoms with Gasteiger partial charge in [-0.05, 0) is 18.2 Å². The number of halogens is 1. The Balaban J connectivity index is 2.50. The molecule has 0 aliphatic carbocycles. The van der Waals surface area contributed by atoms with Crippen LogP contribution < -0.4 is 11.3 Å². The van der Waals surface area contributed by atoms with Gasteiger partial charge in [0.2, 0.25) is 5.91 Å². The average Bonchev–Trinajstić information content (AvgIpc) is 2.14. The first-order chi connectivity index (χ1) is 6.22. The van der Waals surface area contributed by atoms with E-state index >= 15 is 0 Å². The van der Waals surface area contributed by atoms with E-state index in [0.717, 1.165) is 4.90 Å². The fraction of sp³-hybridized carbons (Fsp3) is 0.125. The zero-order valence-corrected chi connectivity index (χ0v) is 8.36. The summed E-state index contributed by atoms with van der Waals surface area (Å²) >= 11 is 7.15. The molecule has 0 saturated carbocycles. The van der Waals surface area contributed by atoms with Crippen LogP contribution in [0.5, 0.6) is 0 Å². The van der Waals surface area contributed by atoms with Gasteiger partial charge in [-0.15, -0.1) is 11.8 Å². The lowest BCUT2D eigenvalue weighted by Gasteiger charge is -2.00. The van der Waals surface area contributed by atoms with Gasteiger partial charge in [-0.1, -0.05) is 17.7 Å². The second-order valence-corrected chi connectivity index (χ2v) is 3.80. The van der Waals surface area contributed by atoms with Gasteiger partial charge in [0.25, 0.3) is 0 Å². The fourth-order valence-corrected chi connectivity index (χ4v) is 1.77. The SMILES string of the molecule is NNC(=O)CSc1cccc(Cl)c1. The van der Waals surface area contributed by atoms with Crippen molar-refractivity contribution in [3.8, 4) is 0 Å². The largest absolute Gasteiger partial charge is 0.294 e. The molecule has 3 N–H and O–H groups in total. The zero-order valence-electron chi connectivity index (χ0n) is 6.79. The van der Waals surface area contributed by atoms with Crippen molar-refractivity contribution in [2.45, 2.75) is 4.90 Å². The first kappa shape index (κ1) is 10.4. The summed E-state index contributed by atoms with van der Waals surface area (Å²) in [5.74, 6) is 5.03. The molecule has 0 atom stereocenters. The van der Waals surface area contributed by atoms with Gasteiger partial charge in [0.15, 0.2) is 0 Å². The summed E-state index contributed by atoms with van der Waals surface area (Å²) in [5.41, 5.74) is 2.06. The molecule has 0 aliphatic rings. The third-order valence-electron chi connectivity index (χ3n) is 1.33. The van der Waals surface area contributed by atoms with E-state index in [1.807, 2.05) is 12.1 Å². The highest BCUT2D eigenvalue weighted by molar-refractivity contribution is 8.00. The topological polar surface area (TPSA) is 55.1 Å². The molecule has 1 rings (SSSR count). The number of carbonyl (C=O) groups excluding carboxylic acids is 1. The normalized spacial score (nSPS) is 9.69. The van der Waals surface area contributed by atoms with E-state index in [1.54, 1.807) is 12.1 Å². The van der Waals surface area contributed by atoms with E-state index in [0.29, 0.717) is 10.8 Å². The molecule has 13 heavy (non-hydrogen) atoms. The molecular formula is C8H9ClN2OS. The minimum atomic E-state index is -0.204. The third kappa shape index (κ3) is 3.67. The number of nitrogens with two attached hydrogens (primary N) is 1. The van der Waals surface area contributed by atoms with Crippen LogP contribution in [0.2, 0.25) is 5.02 Å². The molecule has 0 heterocycles. The number of amides is 1. The number of rotatable bonds is 3. The molecular weight excluding hydrogens is 208 g/mol. The highest BCUT2D eigenvalue weighted by Gasteiger charge is 2.00. The van der Waals surface area contributed by atoms with E-state index < -0.39 is 0 Å². The lowest BCUT2D eigenvalue weighted by atomic mass is 10.4. The Bertz CT molecular complexity index is 306. The number of hydrazine groups is 1. The molecule has 0 unspecified atom stereocenters. The van der Waals surface area contributed by atoms with Crippen LogP contribution in [0.3, 0.4) is 0 Å². The Morgan fingerprint density at radius 3 is 3.00 bits per heavy atom. The van der Waals surface area contributed by atoms with Crippen LogP contribution in [0, 0.1) is 0 Å². The second-order valence-electron chi connectivity index (χ2n) is 2.31. The summed E-state index contributed by atoms with van der Waals surface area (Å²) in [6.45, 7) is 0. The van der Waals surface area contributed by atoms with E-state index in [2.05, 4.69) is 5.43 Å². The van der Waals surface area contributed by atoms with Crippen molar-refractivity contribution in [2.75, 3.05) is 5.75 Å². The van der Waals surface area contributed by atoms with Crippen LogP contribution in [0.1, 0.15) is 0 Å².